The van der Waals surface area contributed by atoms with Crippen LogP contribution in [0.15, 0.2) is 42.5 Å². The number of nitro benzene ring substituents is 1. The van der Waals surface area contributed by atoms with Crippen LogP contribution in [0.2, 0.25) is 0 Å². The Morgan fingerprint density at radius 2 is 2.00 bits per heavy atom. The minimum absolute atomic E-state index is 0.0362. The van der Waals surface area contributed by atoms with Gasteiger partial charge in [-0.1, -0.05) is 18.2 Å². The minimum atomic E-state index is -0.405. The van der Waals surface area contributed by atoms with Gasteiger partial charge in [-0.25, -0.2) is 4.98 Å². The van der Waals surface area contributed by atoms with Crippen LogP contribution in [0.25, 0.3) is 21.8 Å². The zero-order valence-corrected chi connectivity index (χ0v) is 10.2. The number of nitrogens with zero attached hydrogens (tertiary/aromatic N) is 2. The Morgan fingerprint density at radius 3 is 2.74 bits per heavy atom. The highest BCUT2D eigenvalue weighted by Gasteiger charge is 2.16. The Bertz CT molecular complexity index is 799. The number of rotatable bonds is 2. The molecule has 3 rings (SSSR count). The Kier molecular flexibility index (Phi) is 2.52. The average molecular weight is 254 g/mol. The van der Waals surface area contributed by atoms with Crippen LogP contribution in [0.1, 0.15) is 0 Å². The number of para-hydroxylation sites is 1. The van der Waals surface area contributed by atoms with Gasteiger partial charge in [-0.05, 0) is 18.2 Å². The van der Waals surface area contributed by atoms with Crippen molar-refractivity contribution in [3.8, 4) is 5.75 Å². The van der Waals surface area contributed by atoms with Crippen LogP contribution in [0.5, 0.6) is 5.75 Å². The van der Waals surface area contributed by atoms with E-state index in [9.17, 15) is 10.1 Å². The van der Waals surface area contributed by atoms with Crippen molar-refractivity contribution in [1.82, 2.24) is 4.98 Å². The van der Waals surface area contributed by atoms with Gasteiger partial charge in [-0.3, -0.25) is 10.1 Å². The van der Waals surface area contributed by atoms with Crippen molar-refractivity contribution in [3.05, 3.63) is 52.6 Å². The molecular weight excluding hydrogens is 244 g/mol. The first-order chi connectivity index (χ1) is 9.20. The number of benzene rings is 2. The summed E-state index contributed by atoms with van der Waals surface area (Å²) in [6.45, 7) is 0. The normalized spacial score (nSPS) is 10.8. The fourth-order valence-electron chi connectivity index (χ4n) is 2.15. The lowest BCUT2D eigenvalue weighted by atomic mass is 10.1. The largest absolute Gasteiger partial charge is 0.494 e. The second-order valence-electron chi connectivity index (χ2n) is 4.12. The summed E-state index contributed by atoms with van der Waals surface area (Å²) < 4.78 is 5.23. The maximum atomic E-state index is 11.1. The Balaban J connectivity index is 2.49. The van der Waals surface area contributed by atoms with Gasteiger partial charge in [0, 0.05) is 11.5 Å². The van der Waals surface area contributed by atoms with E-state index in [0.29, 0.717) is 16.7 Å². The van der Waals surface area contributed by atoms with Crippen molar-refractivity contribution in [2.45, 2.75) is 0 Å². The smallest absolute Gasteiger partial charge is 0.279 e. The minimum Gasteiger partial charge on any atom is -0.494 e. The molecule has 1 heterocycles. The fraction of sp³-hybridized carbons (Fsp3) is 0.0714. The maximum absolute atomic E-state index is 11.1. The van der Waals surface area contributed by atoms with Gasteiger partial charge in [0.15, 0.2) is 0 Å². The van der Waals surface area contributed by atoms with Crippen molar-refractivity contribution >= 4 is 27.5 Å². The summed E-state index contributed by atoms with van der Waals surface area (Å²) in [7, 11) is 1.53. The fourth-order valence-corrected chi connectivity index (χ4v) is 2.15. The van der Waals surface area contributed by atoms with Crippen LogP contribution in [-0.2, 0) is 0 Å². The van der Waals surface area contributed by atoms with E-state index in [4.69, 9.17) is 4.74 Å². The Labute approximate surface area is 108 Å². The van der Waals surface area contributed by atoms with Gasteiger partial charge in [0.2, 0.25) is 0 Å². The molecule has 0 aliphatic heterocycles. The number of pyridine rings is 1. The number of non-ortho nitro benzene ring substituents is 1. The summed E-state index contributed by atoms with van der Waals surface area (Å²) in [4.78, 5) is 15.1. The molecule has 94 valence electrons. The molecule has 3 aromatic rings. The molecule has 0 N–H and O–H groups in total. The second-order valence-corrected chi connectivity index (χ2v) is 4.12. The molecule has 0 spiro atoms. The molecule has 0 bridgehead atoms. The molecule has 1 aromatic heterocycles. The number of aromatic nitrogens is 1. The van der Waals surface area contributed by atoms with Crippen molar-refractivity contribution in [1.29, 1.82) is 0 Å². The molecule has 0 unspecified atom stereocenters. The summed E-state index contributed by atoms with van der Waals surface area (Å²) in [6.07, 6.45) is 0. The highest BCUT2D eigenvalue weighted by molar-refractivity contribution is 6.00. The quantitative estimate of drug-likeness (QED) is 0.400. The molecule has 0 fully saturated rings. The van der Waals surface area contributed by atoms with Gasteiger partial charge >= 0.3 is 0 Å². The number of hydrogen-bond donors (Lipinski definition) is 0. The Morgan fingerprint density at radius 1 is 1.21 bits per heavy atom. The van der Waals surface area contributed by atoms with E-state index in [2.05, 4.69) is 4.98 Å². The topological polar surface area (TPSA) is 65.3 Å². The van der Waals surface area contributed by atoms with Crippen LogP contribution in [-0.4, -0.2) is 17.0 Å². The first-order valence-electron chi connectivity index (χ1n) is 5.71. The molecule has 0 saturated heterocycles. The lowest BCUT2D eigenvalue weighted by Crippen LogP contribution is -1.94. The molecule has 0 saturated carbocycles. The van der Waals surface area contributed by atoms with E-state index in [1.54, 1.807) is 12.1 Å². The predicted octanol–water partition coefficient (Wildman–Crippen LogP) is 3.30. The number of hydrogen-bond acceptors (Lipinski definition) is 4. The number of fused-ring (bicyclic) bond motifs is 2. The van der Waals surface area contributed by atoms with Crippen molar-refractivity contribution in [3.63, 3.8) is 0 Å². The number of methoxy groups -OCH3 is 1. The van der Waals surface area contributed by atoms with E-state index in [1.807, 2.05) is 24.3 Å². The summed E-state index contributed by atoms with van der Waals surface area (Å²) in [5.74, 6) is 0.534. The van der Waals surface area contributed by atoms with Gasteiger partial charge in [-0.2, -0.15) is 0 Å². The van der Waals surface area contributed by atoms with E-state index in [-0.39, 0.29) is 5.69 Å². The Hall–Kier alpha value is -2.69. The van der Waals surface area contributed by atoms with Crippen molar-refractivity contribution in [2.24, 2.45) is 0 Å². The van der Waals surface area contributed by atoms with Crippen LogP contribution in [0.4, 0.5) is 5.69 Å². The third-order valence-corrected chi connectivity index (χ3v) is 3.04. The third kappa shape index (κ3) is 1.76. The number of ether oxygens (including phenoxy) is 1. The lowest BCUT2D eigenvalue weighted by Gasteiger charge is -2.06. The van der Waals surface area contributed by atoms with E-state index in [0.717, 1.165) is 10.9 Å². The highest BCUT2D eigenvalue weighted by atomic mass is 16.6. The molecule has 0 atom stereocenters. The van der Waals surface area contributed by atoms with Crippen molar-refractivity contribution < 1.29 is 9.66 Å². The number of nitro groups is 1. The molecule has 0 aliphatic rings. The van der Waals surface area contributed by atoms with E-state index >= 15 is 0 Å². The average Bonchev–Trinajstić information content (AvgIpc) is 2.43. The molecular formula is C14H10N2O3. The first kappa shape index (κ1) is 11.4. The predicted molar refractivity (Wildman–Crippen MR) is 72.5 cm³/mol. The van der Waals surface area contributed by atoms with Crippen LogP contribution in [0.3, 0.4) is 0 Å². The van der Waals surface area contributed by atoms with Gasteiger partial charge in [0.05, 0.1) is 22.9 Å². The highest BCUT2D eigenvalue weighted by Crippen LogP contribution is 2.33. The SMILES string of the molecule is COc1ccc([N+](=O)[O-])c2cc3ccccc3nc12. The summed E-state index contributed by atoms with van der Waals surface area (Å²) in [5.41, 5.74) is 1.33. The summed E-state index contributed by atoms with van der Waals surface area (Å²) >= 11 is 0. The third-order valence-electron chi connectivity index (χ3n) is 3.04. The van der Waals surface area contributed by atoms with Gasteiger partial charge in [-0.15, -0.1) is 0 Å². The lowest BCUT2D eigenvalue weighted by molar-refractivity contribution is -0.383. The van der Waals surface area contributed by atoms with E-state index < -0.39 is 4.92 Å². The summed E-state index contributed by atoms with van der Waals surface area (Å²) in [6, 6.07) is 12.3. The van der Waals surface area contributed by atoms with Crippen molar-refractivity contribution in [2.75, 3.05) is 7.11 Å². The van der Waals surface area contributed by atoms with Crippen LogP contribution >= 0.6 is 0 Å². The second kappa shape index (κ2) is 4.20. The molecule has 0 aliphatic carbocycles. The van der Waals surface area contributed by atoms with Crippen LogP contribution in [0, 0.1) is 10.1 Å². The zero-order valence-electron chi connectivity index (χ0n) is 10.2. The molecule has 19 heavy (non-hydrogen) atoms. The molecule has 0 radical (unpaired) electrons. The van der Waals surface area contributed by atoms with Gasteiger partial charge in [0.25, 0.3) is 5.69 Å². The monoisotopic (exact) mass is 254 g/mol. The standard InChI is InChI=1S/C14H10N2O3/c1-19-13-7-6-12(16(17)18)10-8-9-4-2-3-5-11(9)15-14(10)13/h2-8H,1H3. The molecule has 0 amide bonds. The summed E-state index contributed by atoms with van der Waals surface area (Å²) in [5, 5.41) is 12.4. The zero-order chi connectivity index (χ0) is 13.4. The maximum Gasteiger partial charge on any atom is 0.279 e. The molecule has 2 aromatic carbocycles. The first-order valence-corrected chi connectivity index (χ1v) is 5.71. The van der Waals surface area contributed by atoms with Crippen LogP contribution < -0.4 is 4.74 Å². The van der Waals surface area contributed by atoms with Gasteiger partial charge < -0.3 is 4.74 Å². The van der Waals surface area contributed by atoms with E-state index in [1.165, 1.54) is 13.2 Å². The molecule has 5 heteroatoms. The van der Waals surface area contributed by atoms with Gasteiger partial charge in [0.1, 0.15) is 11.3 Å². The molecule has 5 nitrogen and oxygen atoms in total.